The number of ether oxygens (including phenoxy) is 1. The van der Waals surface area contributed by atoms with Gasteiger partial charge in [0, 0.05) is 17.7 Å². The van der Waals surface area contributed by atoms with E-state index in [2.05, 4.69) is 10.1 Å². The van der Waals surface area contributed by atoms with Crippen molar-refractivity contribution in [2.24, 2.45) is 0 Å². The highest BCUT2D eigenvalue weighted by Gasteiger charge is 2.19. The van der Waals surface area contributed by atoms with Gasteiger partial charge < -0.3 is 10.1 Å². The Morgan fingerprint density at radius 2 is 1.75 bits per heavy atom. The summed E-state index contributed by atoms with van der Waals surface area (Å²) in [6, 6.07) is 12.5. The largest absolute Gasteiger partial charge is 0.465 e. The molecule has 2 rings (SSSR count). The number of amides is 1. The Bertz CT molecular complexity index is 774. The molecule has 0 heterocycles. The molecule has 0 fully saturated rings. The molecule has 0 spiro atoms. The number of nitro groups is 1. The Morgan fingerprint density at radius 3 is 2.33 bits per heavy atom. The third kappa shape index (κ3) is 3.95. The van der Waals surface area contributed by atoms with Crippen molar-refractivity contribution >= 4 is 17.6 Å². The van der Waals surface area contributed by atoms with Crippen LogP contribution in [0, 0.1) is 10.1 Å². The van der Waals surface area contributed by atoms with Gasteiger partial charge in [0.25, 0.3) is 11.6 Å². The normalized spacial score (nSPS) is 11.4. The summed E-state index contributed by atoms with van der Waals surface area (Å²) in [6.45, 7) is 1.80. The van der Waals surface area contributed by atoms with E-state index in [0.717, 1.165) is 17.7 Å². The minimum atomic E-state index is -0.746. The lowest BCUT2D eigenvalue weighted by atomic mass is 10.1. The number of carbonyl (C=O) groups is 2. The number of nitrogens with zero attached hydrogens (tertiary/aromatic N) is 1. The highest BCUT2D eigenvalue weighted by atomic mass is 16.6. The summed E-state index contributed by atoms with van der Waals surface area (Å²) < 4.78 is 4.56. The average Bonchev–Trinajstić information content (AvgIpc) is 2.61. The first-order valence-electron chi connectivity index (χ1n) is 7.16. The minimum absolute atomic E-state index is 0.0207. The van der Waals surface area contributed by atoms with Crippen LogP contribution in [-0.2, 0) is 4.74 Å². The first-order chi connectivity index (χ1) is 11.4. The van der Waals surface area contributed by atoms with E-state index in [1.54, 1.807) is 6.92 Å². The first kappa shape index (κ1) is 17.1. The molecular formula is C17H16N2O5. The molecule has 24 heavy (non-hydrogen) atoms. The molecule has 0 aliphatic heterocycles. The van der Waals surface area contributed by atoms with Gasteiger partial charge in [-0.2, -0.15) is 0 Å². The lowest BCUT2D eigenvalue weighted by molar-refractivity contribution is -0.384. The third-order valence-corrected chi connectivity index (χ3v) is 3.46. The van der Waals surface area contributed by atoms with Crippen LogP contribution in [-0.4, -0.2) is 23.9 Å². The lowest BCUT2D eigenvalue weighted by Crippen LogP contribution is -2.27. The van der Waals surface area contributed by atoms with Crippen molar-refractivity contribution in [3.63, 3.8) is 0 Å². The molecular weight excluding hydrogens is 312 g/mol. The van der Waals surface area contributed by atoms with E-state index in [4.69, 9.17) is 0 Å². The molecule has 1 amide bonds. The number of esters is 1. The first-order valence-corrected chi connectivity index (χ1v) is 7.16. The maximum absolute atomic E-state index is 12.4. The van der Waals surface area contributed by atoms with Gasteiger partial charge in [0.2, 0.25) is 0 Å². The molecule has 2 aromatic carbocycles. The van der Waals surface area contributed by atoms with E-state index < -0.39 is 16.8 Å². The summed E-state index contributed by atoms with van der Waals surface area (Å²) in [5.41, 5.74) is 0.511. The van der Waals surface area contributed by atoms with Crippen LogP contribution in [0.2, 0.25) is 0 Å². The maximum Gasteiger partial charge on any atom is 0.338 e. The summed E-state index contributed by atoms with van der Waals surface area (Å²) in [5, 5.41) is 13.8. The lowest BCUT2D eigenvalue weighted by Gasteiger charge is -2.14. The zero-order valence-corrected chi connectivity index (χ0v) is 13.2. The van der Waals surface area contributed by atoms with Crippen molar-refractivity contribution in [2.45, 2.75) is 13.0 Å². The van der Waals surface area contributed by atoms with Crippen LogP contribution in [0.5, 0.6) is 0 Å². The number of nitro benzene ring substituents is 1. The van der Waals surface area contributed by atoms with Crippen LogP contribution in [0.25, 0.3) is 0 Å². The molecule has 0 aliphatic rings. The molecule has 2 aromatic rings. The molecule has 124 valence electrons. The molecule has 7 heteroatoms. The fraction of sp³-hybridized carbons (Fsp3) is 0.176. The van der Waals surface area contributed by atoms with Gasteiger partial charge in [0.05, 0.1) is 23.6 Å². The topological polar surface area (TPSA) is 98.5 Å². The number of hydrogen-bond donors (Lipinski definition) is 1. The van der Waals surface area contributed by atoms with Crippen molar-refractivity contribution in [3.05, 3.63) is 75.3 Å². The minimum Gasteiger partial charge on any atom is -0.465 e. The second kappa shape index (κ2) is 7.36. The quantitative estimate of drug-likeness (QED) is 0.517. The highest BCUT2D eigenvalue weighted by molar-refractivity contribution is 5.99. The molecule has 0 aromatic heterocycles. The zero-order valence-electron chi connectivity index (χ0n) is 13.2. The van der Waals surface area contributed by atoms with Crippen molar-refractivity contribution in [1.29, 1.82) is 0 Å². The summed E-state index contributed by atoms with van der Waals surface area (Å²) in [5.74, 6) is -1.26. The fourth-order valence-electron chi connectivity index (χ4n) is 2.19. The van der Waals surface area contributed by atoms with E-state index in [9.17, 15) is 19.7 Å². The van der Waals surface area contributed by atoms with Crippen molar-refractivity contribution < 1.29 is 19.2 Å². The second-order valence-electron chi connectivity index (χ2n) is 5.12. The van der Waals surface area contributed by atoms with Crippen molar-refractivity contribution in [3.8, 4) is 0 Å². The molecule has 0 saturated carbocycles. The summed E-state index contributed by atoms with van der Waals surface area (Å²) in [7, 11) is 1.17. The van der Waals surface area contributed by atoms with Gasteiger partial charge in [-0.15, -0.1) is 0 Å². The van der Waals surface area contributed by atoms with Crippen molar-refractivity contribution in [1.82, 2.24) is 5.32 Å². The molecule has 7 nitrogen and oxygen atoms in total. The van der Waals surface area contributed by atoms with Gasteiger partial charge in [-0.3, -0.25) is 14.9 Å². The second-order valence-corrected chi connectivity index (χ2v) is 5.12. The smallest absolute Gasteiger partial charge is 0.338 e. The number of rotatable bonds is 5. The molecule has 1 N–H and O–H groups in total. The number of hydrogen-bond acceptors (Lipinski definition) is 5. The molecule has 0 unspecified atom stereocenters. The predicted octanol–water partition coefficient (Wildman–Crippen LogP) is 2.87. The molecule has 0 radical (unpaired) electrons. The van der Waals surface area contributed by atoms with E-state index in [0.29, 0.717) is 0 Å². The molecule has 0 aliphatic carbocycles. The Labute approximate surface area is 138 Å². The monoisotopic (exact) mass is 328 g/mol. The van der Waals surface area contributed by atoms with E-state index in [1.807, 2.05) is 30.3 Å². The zero-order chi connectivity index (χ0) is 17.7. The number of non-ortho nitro benzene ring substituents is 1. The van der Waals surface area contributed by atoms with Crippen LogP contribution in [0.1, 0.15) is 39.2 Å². The van der Waals surface area contributed by atoms with E-state index in [1.165, 1.54) is 13.2 Å². The third-order valence-electron chi connectivity index (χ3n) is 3.46. The SMILES string of the molecule is COC(=O)c1cc(C(=O)N[C@@H](C)c2ccccc2)cc([N+](=O)[O-])c1. The number of methoxy groups -OCH3 is 1. The Balaban J connectivity index is 2.29. The van der Waals surface area contributed by atoms with Crippen LogP contribution in [0.15, 0.2) is 48.5 Å². The fourth-order valence-corrected chi connectivity index (χ4v) is 2.19. The number of benzene rings is 2. The van der Waals surface area contributed by atoms with E-state index in [-0.39, 0.29) is 22.9 Å². The summed E-state index contributed by atoms with van der Waals surface area (Å²) >= 11 is 0. The van der Waals surface area contributed by atoms with Crippen LogP contribution in [0.4, 0.5) is 5.69 Å². The Morgan fingerprint density at radius 1 is 1.12 bits per heavy atom. The van der Waals surface area contributed by atoms with Crippen LogP contribution < -0.4 is 5.32 Å². The van der Waals surface area contributed by atoms with Crippen LogP contribution in [0.3, 0.4) is 0 Å². The van der Waals surface area contributed by atoms with Gasteiger partial charge in [-0.25, -0.2) is 4.79 Å². The molecule has 0 saturated heterocycles. The van der Waals surface area contributed by atoms with Gasteiger partial charge in [0.1, 0.15) is 0 Å². The summed E-state index contributed by atoms with van der Waals surface area (Å²) in [6.07, 6.45) is 0. The van der Waals surface area contributed by atoms with Gasteiger partial charge in [0.15, 0.2) is 0 Å². The maximum atomic E-state index is 12.4. The Kier molecular flexibility index (Phi) is 5.26. The highest BCUT2D eigenvalue weighted by Crippen LogP contribution is 2.19. The number of nitrogens with one attached hydrogen (secondary N) is 1. The Hall–Kier alpha value is -3.22. The average molecular weight is 328 g/mol. The molecule has 1 atom stereocenters. The van der Waals surface area contributed by atoms with Crippen molar-refractivity contribution in [2.75, 3.05) is 7.11 Å². The standard InChI is InChI=1S/C17H16N2O5/c1-11(12-6-4-3-5-7-12)18-16(20)13-8-14(17(21)24-2)10-15(9-13)19(22)23/h3-11H,1-2H3,(H,18,20)/t11-/m0/s1. The van der Waals surface area contributed by atoms with Crippen LogP contribution >= 0.6 is 0 Å². The molecule has 0 bridgehead atoms. The van der Waals surface area contributed by atoms with E-state index >= 15 is 0 Å². The predicted molar refractivity (Wildman–Crippen MR) is 86.8 cm³/mol. The summed E-state index contributed by atoms with van der Waals surface area (Å²) in [4.78, 5) is 34.4. The van der Waals surface area contributed by atoms with Gasteiger partial charge in [-0.1, -0.05) is 30.3 Å². The van der Waals surface area contributed by atoms with Gasteiger partial charge >= 0.3 is 5.97 Å². The van der Waals surface area contributed by atoms with Gasteiger partial charge in [-0.05, 0) is 18.6 Å². The number of carbonyl (C=O) groups excluding carboxylic acids is 2.